The van der Waals surface area contributed by atoms with E-state index in [1.54, 1.807) is 6.20 Å². The fourth-order valence-electron chi connectivity index (χ4n) is 4.51. The van der Waals surface area contributed by atoms with Crippen molar-refractivity contribution in [2.45, 2.75) is 38.3 Å². The quantitative estimate of drug-likeness (QED) is 0.810. The molecule has 28 heavy (non-hydrogen) atoms. The maximum atomic E-state index is 13.4. The summed E-state index contributed by atoms with van der Waals surface area (Å²) in [5.41, 5.74) is 2.50. The van der Waals surface area contributed by atoms with E-state index in [-0.39, 0.29) is 11.9 Å². The first kappa shape index (κ1) is 19.1. The van der Waals surface area contributed by atoms with E-state index >= 15 is 0 Å². The number of benzene rings is 1. The van der Waals surface area contributed by atoms with Crippen molar-refractivity contribution in [3.05, 3.63) is 66.0 Å². The number of nitrogens with zero attached hydrogens (tertiary/aromatic N) is 2. The minimum atomic E-state index is -0.0717. The van der Waals surface area contributed by atoms with Crippen LogP contribution in [0.3, 0.4) is 0 Å². The maximum Gasteiger partial charge on any atom is 0.240 e. The highest BCUT2D eigenvalue weighted by atomic mass is 16.2. The number of rotatable bonds is 6. The zero-order valence-electron chi connectivity index (χ0n) is 16.4. The van der Waals surface area contributed by atoms with Gasteiger partial charge in [0.1, 0.15) is 0 Å². The second-order valence-electron chi connectivity index (χ2n) is 8.20. The van der Waals surface area contributed by atoms with Crippen LogP contribution in [0.5, 0.6) is 0 Å². The molecule has 2 N–H and O–H groups in total. The minimum absolute atomic E-state index is 0.0717. The SMILES string of the molecule is O=C([C@@H]1CC2(CCNCC2)CN1)N(CCc1ccccc1)Cc1ccccn1. The molecule has 0 bridgehead atoms. The summed E-state index contributed by atoms with van der Waals surface area (Å²) >= 11 is 0. The molecule has 3 heterocycles. The van der Waals surface area contributed by atoms with Crippen LogP contribution in [0.25, 0.3) is 0 Å². The van der Waals surface area contributed by atoms with E-state index in [9.17, 15) is 4.79 Å². The third-order valence-electron chi connectivity index (χ3n) is 6.23. The van der Waals surface area contributed by atoms with Gasteiger partial charge in [-0.25, -0.2) is 0 Å². The lowest BCUT2D eigenvalue weighted by molar-refractivity contribution is -0.134. The Bertz CT molecular complexity index is 759. The lowest BCUT2D eigenvalue weighted by Crippen LogP contribution is -2.44. The fourth-order valence-corrected chi connectivity index (χ4v) is 4.51. The molecule has 0 aliphatic carbocycles. The topological polar surface area (TPSA) is 57.3 Å². The van der Waals surface area contributed by atoms with Gasteiger partial charge in [0.2, 0.25) is 5.91 Å². The van der Waals surface area contributed by atoms with Crippen LogP contribution < -0.4 is 10.6 Å². The van der Waals surface area contributed by atoms with Crippen LogP contribution in [0.4, 0.5) is 0 Å². The monoisotopic (exact) mass is 378 g/mol. The molecule has 5 heteroatoms. The molecule has 1 atom stereocenters. The highest BCUT2D eigenvalue weighted by molar-refractivity contribution is 5.82. The van der Waals surface area contributed by atoms with Crippen molar-refractivity contribution >= 4 is 5.91 Å². The van der Waals surface area contributed by atoms with Gasteiger partial charge in [-0.3, -0.25) is 9.78 Å². The number of pyridine rings is 1. The Morgan fingerprint density at radius 2 is 1.89 bits per heavy atom. The fraction of sp³-hybridized carbons (Fsp3) is 0.478. The van der Waals surface area contributed by atoms with Gasteiger partial charge < -0.3 is 15.5 Å². The van der Waals surface area contributed by atoms with Gasteiger partial charge in [-0.1, -0.05) is 36.4 Å². The van der Waals surface area contributed by atoms with Crippen LogP contribution in [0, 0.1) is 5.41 Å². The van der Waals surface area contributed by atoms with Gasteiger partial charge in [0, 0.05) is 19.3 Å². The van der Waals surface area contributed by atoms with Crippen molar-refractivity contribution in [3.8, 4) is 0 Å². The second-order valence-corrected chi connectivity index (χ2v) is 8.20. The molecular formula is C23H30N4O. The van der Waals surface area contributed by atoms with E-state index in [2.05, 4.69) is 39.9 Å². The van der Waals surface area contributed by atoms with Crippen molar-refractivity contribution < 1.29 is 4.79 Å². The summed E-state index contributed by atoms with van der Waals surface area (Å²) in [6.45, 7) is 4.37. The number of hydrogen-bond acceptors (Lipinski definition) is 4. The zero-order valence-corrected chi connectivity index (χ0v) is 16.4. The summed E-state index contributed by atoms with van der Waals surface area (Å²) in [6.07, 6.45) is 5.94. The number of amides is 1. The lowest BCUT2D eigenvalue weighted by Gasteiger charge is -2.33. The van der Waals surface area contributed by atoms with Crippen LogP contribution in [0.1, 0.15) is 30.5 Å². The molecule has 2 aliphatic rings. The maximum absolute atomic E-state index is 13.4. The summed E-state index contributed by atoms with van der Waals surface area (Å²) in [7, 11) is 0. The van der Waals surface area contributed by atoms with Gasteiger partial charge in [0.25, 0.3) is 0 Å². The summed E-state index contributed by atoms with van der Waals surface area (Å²) in [5, 5.41) is 6.98. The van der Waals surface area contributed by atoms with Crippen LogP contribution >= 0.6 is 0 Å². The number of carbonyl (C=O) groups is 1. The van der Waals surface area contributed by atoms with E-state index in [0.717, 1.165) is 51.0 Å². The molecule has 2 saturated heterocycles. The molecule has 2 aromatic rings. The highest BCUT2D eigenvalue weighted by Gasteiger charge is 2.43. The average molecular weight is 379 g/mol. The normalized spacial score (nSPS) is 20.9. The number of nitrogens with one attached hydrogen (secondary N) is 2. The van der Waals surface area contributed by atoms with Crippen molar-refractivity contribution in [1.82, 2.24) is 20.5 Å². The van der Waals surface area contributed by atoms with Gasteiger partial charge in [-0.15, -0.1) is 0 Å². The average Bonchev–Trinajstić information content (AvgIpc) is 3.16. The summed E-state index contributed by atoms with van der Waals surface area (Å²) in [6, 6.07) is 16.2. The van der Waals surface area contributed by atoms with Crippen LogP contribution in [-0.2, 0) is 17.8 Å². The minimum Gasteiger partial charge on any atom is -0.335 e. The molecule has 0 unspecified atom stereocenters. The molecule has 2 fully saturated rings. The van der Waals surface area contributed by atoms with Gasteiger partial charge in [0.15, 0.2) is 0 Å². The predicted octanol–water partition coefficient (Wildman–Crippen LogP) is 2.38. The smallest absolute Gasteiger partial charge is 0.240 e. The van der Waals surface area contributed by atoms with Gasteiger partial charge in [-0.05, 0) is 61.9 Å². The Balaban J connectivity index is 1.45. The Morgan fingerprint density at radius 1 is 1.11 bits per heavy atom. The molecule has 1 amide bonds. The molecule has 2 aliphatic heterocycles. The van der Waals surface area contributed by atoms with Crippen molar-refractivity contribution in [2.24, 2.45) is 5.41 Å². The third-order valence-corrected chi connectivity index (χ3v) is 6.23. The molecule has 4 rings (SSSR count). The van der Waals surface area contributed by atoms with Gasteiger partial charge in [0.05, 0.1) is 18.3 Å². The van der Waals surface area contributed by atoms with E-state index in [4.69, 9.17) is 0 Å². The van der Waals surface area contributed by atoms with Gasteiger partial charge >= 0.3 is 0 Å². The molecule has 0 saturated carbocycles. The Hall–Kier alpha value is -2.24. The number of aromatic nitrogens is 1. The van der Waals surface area contributed by atoms with Crippen molar-refractivity contribution in [2.75, 3.05) is 26.2 Å². The summed E-state index contributed by atoms with van der Waals surface area (Å²) in [5.74, 6) is 0.219. The van der Waals surface area contributed by atoms with Crippen LogP contribution in [-0.4, -0.2) is 48.0 Å². The van der Waals surface area contributed by atoms with E-state index < -0.39 is 0 Å². The molecule has 1 spiro atoms. The van der Waals surface area contributed by atoms with Crippen molar-refractivity contribution in [3.63, 3.8) is 0 Å². The Kier molecular flexibility index (Phi) is 6.03. The Morgan fingerprint density at radius 3 is 2.64 bits per heavy atom. The number of carbonyl (C=O) groups excluding carboxylic acids is 1. The number of piperidine rings is 1. The summed E-state index contributed by atoms with van der Waals surface area (Å²) < 4.78 is 0. The van der Waals surface area contributed by atoms with Crippen molar-refractivity contribution in [1.29, 1.82) is 0 Å². The predicted molar refractivity (Wildman–Crippen MR) is 111 cm³/mol. The Labute approximate surface area is 167 Å². The molecule has 1 aromatic heterocycles. The second kappa shape index (κ2) is 8.84. The highest BCUT2D eigenvalue weighted by Crippen LogP contribution is 2.37. The standard InChI is InChI=1S/C23H30N4O/c28-22(21-16-23(18-26-21)10-13-24-14-11-23)27(17-20-8-4-5-12-25-20)15-9-19-6-2-1-3-7-19/h1-8,12,21,24,26H,9-11,13-18H2/t21-/m0/s1. The first-order chi connectivity index (χ1) is 13.7. The molecule has 148 valence electrons. The lowest BCUT2D eigenvalue weighted by atomic mass is 9.77. The first-order valence-electron chi connectivity index (χ1n) is 10.4. The first-order valence-corrected chi connectivity index (χ1v) is 10.4. The van der Waals surface area contributed by atoms with E-state index in [1.165, 1.54) is 5.56 Å². The molecule has 0 radical (unpaired) electrons. The molecule has 1 aromatic carbocycles. The molecular weight excluding hydrogens is 348 g/mol. The van der Waals surface area contributed by atoms with E-state index in [1.807, 2.05) is 29.2 Å². The molecule has 5 nitrogen and oxygen atoms in total. The van der Waals surface area contributed by atoms with E-state index in [0.29, 0.717) is 18.5 Å². The third kappa shape index (κ3) is 4.59. The van der Waals surface area contributed by atoms with Crippen LogP contribution in [0.15, 0.2) is 54.7 Å². The van der Waals surface area contributed by atoms with Crippen LogP contribution in [0.2, 0.25) is 0 Å². The summed E-state index contributed by atoms with van der Waals surface area (Å²) in [4.78, 5) is 19.9. The zero-order chi connectivity index (χ0) is 19.2. The largest absolute Gasteiger partial charge is 0.335 e. The number of hydrogen-bond donors (Lipinski definition) is 2. The van der Waals surface area contributed by atoms with Gasteiger partial charge in [-0.2, -0.15) is 0 Å².